The van der Waals surface area contributed by atoms with Crippen LogP contribution in [0.25, 0.3) is 10.2 Å². The van der Waals surface area contributed by atoms with Crippen molar-refractivity contribution < 1.29 is 0 Å². The summed E-state index contributed by atoms with van der Waals surface area (Å²) < 4.78 is 0. The summed E-state index contributed by atoms with van der Waals surface area (Å²) in [6, 6.07) is 8.83. The lowest BCUT2D eigenvalue weighted by Gasteiger charge is -2.38. The van der Waals surface area contributed by atoms with E-state index in [1.165, 1.54) is 28.1 Å². The third-order valence-corrected chi connectivity index (χ3v) is 7.96. The fourth-order valence-electron chi connectivity index (χ4n) is 4.93. The molecule has 0 radical (unpaired) electrons. The standard InChI is InChI=1S/C24H30N4OS/c1-15-5-4-6-18(13-15)28-11-9-27(10-12-28)17(3)22-25-23(29)21-19-8-7-16(2)14-20(19)30-24(21)26-22/h4-6,13,16-17H,7-12,14H2,1-3H3,(H,25,26,29). The Morgan fingerprint density at radius 1 is 1.23 bits per heavy atom. The molecule has 2 atom stereocenters. The Kier molecular flexibility index (Phi) is 5.15. The Balaban J connectivity index is 1.35. The fourth-order valence-corrected chi connectivity index (χ4v) is 6.32. The van der Waals surface area contributed by atoms with E-state index in [0.29, 0.717) is 5.92 Å². The molecule has 1 aliphatic carbocycles. The van der Waals surface area contributed by atoms with Crippen molar-refractivity contribution in [2.45, 2.75) is 46.1 Å². The van der Waals surface area contributed by atoms with Crippen molar-refractivity contribution in [1.29, 1.82) is 0 Å². The number of fused-ring (bicyclic) bond motifs is 3. The van der Waals surface area contributed by atoms with Gasteiger partial charge in [0.2, 0.25) is 0 Å². The maximum atomic E-state index is 13.0. The molecule has 1 fully saturated rings. The van der Waals surface area contributed by atoms with Crippen LogP contribution in [0.1, 0.15) is 48.1 Å². The zero-order valence-corrected chi connectivity index (χ0v) is 18.9. The van der Waals surface area contributed by atoms with Gasteiger partial charge in [0.15, 0.2) is 0 Å². The summed E-state index contributed by atoms with van der Waals surface area (Å²) in [5, 5.41) is 0.849. The van der Waals surface area contributed by atoms with Gasteiger partial charge in [0.1, 0.15) is 10.7 Å². The minimum Gasteiger partial charge on any atom is -0.369 e. The molecule has 1 N–H and O–H groups in total. The van der Waals surface area contributed by atoms with Crippen molar-refractivity contribution >= 4 is 27.2 Å². The number of nitrogens with zero attached hydrogens (tertiary/aromatic N) is 3. The third kappa shape index (κ3) is 3.56. The fraction of sp³-hybridized carbons (Fsp3) is 0.500. The molecular formula is C24H30N4OS. The van der Waals surface area contributed by atoms with Gasteiger partial charge in [-0.25, -0.2) is 4.98 Å². The van der Waals surface area contributed by atoms with E-state index in [-0.39, 0.29) is 11.6 Å². The van der Waals surface area contributed by atoms with Crippen molar-refractivity contribution in [3.8, 4) is 0 Å². The van der Waals surface area contributed by atoms with Crippen LogP contribution in [-0.4, -0.2) is 41.0 Å². The van der Waals surface area contributed by atoms with E-state index < -0.39 is 0 Å². The van der Waals surface area contributed by atoms with Crippen LogP contribution in [0.2, 0.25) is 0 Å². The number of piperazine rings is 1. The van der Waals surface area contributed by atoms with E-state index in [0.717, 1.165) is 55.1 Å². The maximum Gasteiger partial charge on any atom is 0.259 e. The Labute approximate surface area is 181 Å². The first-order chi connectivity index (χ1) is 14.5. The summed E-state index contributed by atoms with van der Waals surface area (Å²) >= 11 is 1.74. The lowest BCUT2D eigenvalue weighted by molar-refractivity contribution is 0.192. The number of H-pyrrole nitrogens is 1. The Hall–Kier alpha value is -2.18. The molecule has 5 rings (SSSR count). The number of benzene rings is 1. The minimum atomic E-state index is 0.0484. The number of rotatable bonds is 3. The van der Waals surface area contributed by atoms with Crippen LogP contribution < -0.4 is 10.5 Å². The van der Waals surface area contributed by atoms with Crippen molar-refractivity contribution in [3.63, 3.8) is 0 Å². The molecule has 2 aromatic heterocycles. The predicted octanol–water partition coefficient (Wildman–Crippen LogP) is 4.30. The number of thiophene rings is 1. The Bertz CT molecular complexity index is 1130. The van der Waals surface area contributed by atoms with Gasteiger partial charge in [-0.05, 0) is 62.3 Å². The first-order valence-corrected chi connectivity index (χ1v) is 11.9. The zero-order valence-electron chi connectivity index (χ0n) is 18.1. The molecule has 0 spiro atoms. The highest BCUT2D eigenvalue weighted by Gasteiger charge is 2.27. The number of hydrogen-bond donors (Lipinski definition) is 1. The largest absolute Gasteiger partial charge is 0.369 e. The topological polar surface area (TPSA) is 52.2 Å². The van der Waals surface area contributed by atoms with Gasteiger partial charge >= 0.3 is 0 Å². The molecule has 158 valence electrons. The third-order valence-electron chi connectivity index (χ3n) is 6.81. The molecular weight excluding hydrogens is 392 g/mol. The molecule has 5 nitrogen and oxygen atoms in total. The zero-order chi connectivity index (χ0) is 20.8. The highest BCUT2D eigenvalue weighted by Crippen LogP contribution is 2.36. The van der Waals surface area contributed by atoms with Crippen molar-refractivity contribution in [2.75, 3.05) is 31.1 Å². The van der Waals surface area contributed by atoms with Crippen molar-refractivity contribution in [1.82, 2.24) is 14.9 Å². The van der Waals surface area contributed by atoms with Crippen LogP contribution in [0.5, 0.6) is 0 Å². The maximum absolute atomic E-state index is 13.0. The second kappa shape index (κ2) is 7.82. The van der Waals surface area contributed by atoms with Gasteiger partial charge in [0, 0.05) is 36.7 Å². The lowest BCUT2D eigenvalue weighted by atomic mass is 9.89. The smallest absolute Gasteiger partial charge is 0.259 e. The van der Waals surface area contributed by atoms with E-state index >= 15 is 0 Å². The van der Waals surface area contributed by atoms with Crippen LogP contribution >= 0.6 is 11.3 Å². The summed E-state index contributed by atoms with van der Waals surface area (Å²) in [5.41, 5.74) is 3.90. The van der Waals surface area contributed by atoms with Gasteiger partial charge in [-0.1, -0.05) is 19.1 Å². The first kappa shape index (κ1) is 19.8. The minimum absolute atomic E-state index is 0.0484. The summed E-state index contributed by atoms with van der Waals surface area (Å²) in [7, 11) is 0. The number of aromatic nitrogens is 2. The van der Waals surface area contributed by atoms with Gasteiger partial charge in [-0.15, -0.1) is 11.3 Å². The van der Waals surface area contributed by atoms with E-state index in [2.05, 4.69) is 59.8 Å². The number of nitrogens with one attached hydrogen (secondary N) is 1. The van der Waals surface area contributed by atoms with E-state index in [4.69, 9.17) is 4.98 Å². The monoisotopic (exact) mass is 422 g/mol. The molecule has 1 saturated heterocycles. The van der Waals surface area contributed by atoms with Crippen molar-refractivity contribution in [3.05, 3.63) is 56.4 Å². The number of hydrogen-bond acceptors (Lipinski definition) is 5. The highest BCUT2D eigenvalue weighted by atomic mass is 32.1. The van der Waals surface area contributed by atoms with E-state index in [9.17, 15) is 4.79 Å². The van der Waals surface area contributed by atoms with Gasteiger partial charge < -0.3 is 9.88 Å². The van der Waals surface area contributed by atoms with E-state index in [1.54, 1.807) is 11.3 Å². The van der Waals surface area contributed by atoms with Crippen molar-refractivity contribution in [2.24, 2.45) is 5.92 Å². The Morgan fingerprint density at radius 2 is 2.03 bits per heavy atom. The van der Waals surface area contributed by atoms with Gasteiger partial charge in [-0.2, -0.15) is 0 Å². The van der Waals surface area contributed by atoms with Gasteiger partial charge in [0.05, 0.1) is 11.4 Å². The highest BCUT2D eigenvalue weighted by molar-refractivity contribution is 7.18. The molecule has 0 saturated carbocycles. The molecule has 2 unspecified atom stereocenters. The van der Waals surface area contributed by atoms with Crippen LogP contribution in [0.3, 0.4) is 0 Å². The average Bonchev–Trinajstić information content (AvgIpc) is 3.11. The summed E-state index contributed by atoms with van der Waals surface area (Å²) in [6.07, 6.45) is 3.26. The first-order valence-electron chi connectivity index (χ1n) is 11.1. The molecule has 3 heterocycles. The van der Waals surface area contributed by atoms with E-state index in [1.807, 2.05) is 0 Å². The second-order valence-corrected chi connectivity index (χ2v) is 10.1. The predicted molar refractivity (Wildman–Crippen MR) is 125 cm³/mol. The van der Waals surface area contributed by atoms with Crippen LogP contribution in [-0.2, 0) is 12.8 Å². The molecule has 0 amide bonds. The summed E-state index contributed by atoms with van der Waals surface area (Å²) in [5.74, 6) is 1.51. The van der Waals surface area contributed by atoms with Gasteiger partial charge in [0.25, 0.3) is 5.56 Å². The van der Waals surface area contributed by atoms with Crippen LogP contribution in [0.4, 0.5) is 5.69 Å². The quantitative estimate of drug-likeness (QED) is 0.684. The molecule has 2 aliphatic rings. The average molecular weight is 423 g/mol. The van der Waals surface area contributed by atoms with Crippen LogP contribution in [0.15, 0.2) is 29.1 Å². The number of anilines is 1. The van der Waals surface area contributed by atoms with Gasteiger partial charge in [-0.3, -0.25) is 9.69 Å². The molecule has 3 aromatic rings. The Morgan fingerprint density at radius 3 is 2.80 bits per heavy atom. The lowest BCUT2D eigenvalue weighted by Crippen LogP contribution is -2.47. The SMILES string of the molecule is Cc1cccc(N2CCN(C(C)c3nc4sc5c(c4c(=O)[nH]3)CCC(C)C5)CC2)c1. The molecule has 30 heavy (non-hydrogen) atoms. The molecule has 0 bridgehead atoms. The summed E-state index contributed by atoms with van der Waals surface area (Å²) in [6.45, 7) is 10.5. The summed E-state index contributed by atoms with van der Waals surface area (Å²) in [4.78, 5) is 28.2. The molecule has 6 heteroatoms. The van der Waals surface area contributed by atoms with Crippen LogP contribution in [0, 0.1) is 12.8 Å². The number of aryl methyl sites for hydroxylation is 2. The molecule has 1 aliphatic heterocycles. The second-order valence-electron chi connectivity index (χ2n) is 9.02. The number of aromatic amines is 1. The molecule has 1 aromatic carbocycles. The normalized spacial score (nSPS) is 21.0.